The van der Waals surface area contributed by atoms with Crippen molar-refractivity contribution in [2.75, 3.05) is 18.5 Å². The number of carbonyl (C=O) groups is 1. The summed E-state index contributed by atoms with van der Waals surface area (Å²) in [5, 5.41) is 3.37. The molecule has 1 aliphatic rings. The number of halogens is 2. The highest BCUT2D eigenvalue weighted by Crippen LogP contribution is 2.30. The molecule has 17 heavy (non-hydrogen) atoms. The van der Waals surface area contributed by atoms with E-state index < -0.39 is 0 Å². The van der Waals surface area contributed by atoms with Crippen molar-refractivity contribution >= 4 is 39.1 Å². The summed E-state index contributed by atoms with van der Waals surface area (Å²) < 4.78 is 6.07. The van der Waals surface area contributed by atoms with E-state index in [1.54, 1.807) is 6.07 Å². The second-order valence-corrected chi connectivity index (χ2v) is 5.24. The molecular weight excluding hydrogens is 305 g/mol. The molecule has 0 radical (unpaired) electrons. The summed E-state index contributed by atoms with van der Waals surface area (Å²) in [5.74, 6) is -0.0940. The Labute approximate surface area is 114 Å². The fourth-order valence-corrected chi connectivity index (χ4v) is 2.32. The van der Waals surface area contributed by atoms with Gasteiger partial charge < -0.3 is 10.1 Å². The van der Waals surface area contributed by atoms with Crippen LogP contribution < -0.4 is 5.32 Å². The monoisotopic (exact) mass is 317 g/mol. The third-order valence-corrected chi connectivity index (χ3v) is 4.04. The predicted octanol–water partition coefficient (Wildman–Crippen LogP) is 3.47. The molecule has 1 fully saturated rings. The normalized spacial score (nSPS) is 20.0. The van der Waals surface area contributed by atoms with E-state index in [2.05, 4.69) is 21.2 Å². The maximum atomic E-state index is 12.0. The Kier molecular flexibility index (Phi) is 4.42. The van der Waals surface area contributed by atoms with Crippen LogP contribution in [-0.4, -0.2) is 19.1 Å². The van der Waals surface area contributed by atoms with Gasteiger partial charge in [0.05, 0.1) is 23.2 Å². The lowest BCUT2D eigenvalue weighted by Crippen LogP contribution is -2.30. The SMILES string of the molecule is O=C(Nc1cccc(Br)c1Cl)[C@@H]1CCCOC1. The summed E-state index contributed by atoms with van der Waals surface area (Å²) in [6.45, 7) is 1.25. The zero-order valence-electron chi connectivity index (χ0n) is 9.21. The van der Waals surface area contributed by atoms with E-state index in [0.717, 1.165) is 23.9 Å². The van der Waals surface area contributed by atoms with Crippen LogP contribution in [0.25, 0.3) is 0 Å². The standard InChI is InChI=1S/C12H13BrClNO2/c13-9-4-1-5-10(11(9)14)15-12(16)8-3-2-6-17-7-8/h1,4-5,8H,2-3,6-7H2,(H,15,16)/t8-/m1/s1. The summed E-state index contributed by atoms with van der Waals surface area (Å²) in [5.41, 5.74) is 0.636. The number of benzene rings is 1. The van der Waals surface area contributed by atoms with Crippen LogP contribution in [0, 0.1) is 5.92 Å². The van der Waals surface area contributed by atoms with Crippen LogP contribution in [0.4, 0.5) is 5.69 Å². The van der Waals surface area contributed by atoms with Crippen molar-refractivity contribution in [3.05, 3.63) is 27.7 Å². The molecular formula is C12H13BrClNO2. The van der Waals surface area contributed by atoms with Crippen LogP contribution in [0.1, 0.15) is 12.8 Å². The lowest BCUT2D eigenvalue weighted by Gasteiger charge is -2.21. The summed E-state index contributed by atoms with van der Waals surface area (Å²) in [6.07, 6.45) is 1.81. The van der Waals surface area contributed by atoms with Gasteiger partial charge in [-0.15, -0.1) is 0 Å². The molecule has 0 spiro atoms. The Morgan fingerprint density at radius 3 is 3.06 bits per heavy atom. The quantitative estimate of drug-likeness (QED) is 0.907. The summed E-state index contributed by atoms with van der Waals surface area (Å²) >= 11 is 9.41. The molecule has 92 valence electrons. The fraction of sp³-hybridized carbons (Fsp3) is 0.417. The van der Waals surface area contributed by atoms with Crippen molar-refractivity contribution in [2.24, 2.45) is 5.92 Å². The highest BCUT2D eigenvalue weighted by Gasteiger charge is 2.22. The van der Waals surface area contributed by atoms with Crippen LogP contribution in [0.5, 0.6) is 0 Å². The lowest BCUT2D eigenvalue weighted by molar-refractivity contribution is -0.123. The molecule has 1 heterocycles. The van der Waals surface area contributed by atoms with Crippen molar-refractivity contribution in [1.29, 1.82) is 0 Å². The molecule has 1 saturated heterocycles. The smallest absolute Gasteiger partial charge is 0.229 e. The van der Waals surface area contributed by atoms with Gasteiger partial charge in [0.2, 0.25) is 5.91 Å². The van der Waals surface area contributed by atoms with Crippen molar-refractivity contribution in [3.8, 4) is 0 Å². The van der Waals surface area contributed by atoms with E-state index in [4.69, 9.17) is 16.3 Å². The first-order valence-corrected chi connectivity index (χ1v) is 6.68. The van der Waals surface area contributed by atoms with Crippen molar-refractivity contribution in [2.45, 2.75) is 12.8 Å². The van der Waals surface area contributed by atoms with E-state index in [9.17, 15) is 4.79 Å². The number of hydrogen-bond donors (Lipinski definition) is 1. The Hall–Kier alpha value is -0.580. The number of carbonyl (C=O) groups excluding carboxylic acids is 1. The van der Waals surface area contributed by atoms with E-state index in [0.29, 0.717) is 17.3 Å². The number of amides is 1. The van der Waals surface area contributed by atoms with Gasteiger partial charge in [-0.2, -0.15) is 0 Å². The van der Waals surface area contributed by atoms with Gasteiger partial charge in [-0.05, 0) is 40.9 Å². The Balaban J connectivity index is 2.04. The van der Waals surface area contributed by atoms with Crippen LogP contribution in [-0.2, 0) is 9.53 Å². The number of anilines is 1. The van der Waals surface area contributed by atoms with Crippen molar-refractivity contribution in [3.63, 3.8) is 0 Å². The first-order chi connectivity index (χ1) is 8.18. The van der Waals surface area contributed by atoms with Gasteiger partial charge in [0.15, 0.2) is 0 Å². The molecule has 1 amide bonds. The number of rotatable bonds is 2. The minimum absolute atomic E-state index is 0.0234. The average molecular weight is 319 g/mol. The van der Waals surface area contributed by atoms with Gasteiger partial charge in [0, 0.05) is 11.1 Å². The lowest BCUT2D eigenvalue weighted by atomic mass is 10.0. The Bertz CT molecular complexity index is 419. The average Bonchev–Trinajstić information content (AvgIpc) is 2.36. The highest BCUT2D eigenvalue weighted by molar-refractivity contribution is 9.10. The predicted molar refractivity (Wildman–Crippen MR) is 71.3 cm³/mol. The second-order valence-electron chi connectivity index (χ2n) is 4.00. The Morgan fingerprint density at radius 1 is 1.53 bits per heavy atom. The summed E-state index contributed by atoms with van der Waals surface area (Å²) in [6, 6.07) is 5.46. The first kappa shape index (κ1) is 12.9. The van der Waals surface area contributed by atoms with E-state index in [1.807, 2.05) is 12.1 Å². The molecule has 0 aromatic heterocycles. The molecule has 0 unspecified atom stereocenters. The fourth-order valence-electron chi connectivity index (χ4n) is 1.78. The first-order valence-electron chi connectivity index (χ1n) is 5.51. The third-order valence-electron chi connectivity index (χ3n) is 2.74. The van der Waals surface area contributed by atoms with Gasteiger partial charge in [0.25, 0.3) is 0 Å². The number of ether oxygens (including phenoxy) is 1. The molecule has 1 atom stereocenters. The van der Waals surface area contributed by atoms with Crippen molar-refractivity contribution < 1.29 is 9.53 Å². The number of nitrogens with one attached hydrogen (secondary N) is 1. The highest BCUT2D eigenvalue weighted by atomic mass is 79.9. The molecule has 5 heteroatoms. The minimum Gasteiger partial charge on any atom is -0.381 e. The van der Waals surface area contributed by atoms with Crippen LogP contribution >= 0.6 is 27.5 Å². The molecule has 1 N–H and O–H groups in total. The summed E-state index contributed by atoms with van der Waals surface area (Å²) in [7, 11) is 0. The number of hydrogen-bond acceptors (Lipinski definition) is 2. The van der Waals surface area contributed by atoms with Gasteiger partial charge in [-0.1, -0.05) is 17.7 Å². The molecule has 1 aromatic carbocycles. The minimum atomic E-state index is -0.0706. The second kappa shape index (κ2) is 5.85. The zero-order chi connectivity index (χ0) is 12.3. The molecule has 0 bridgehead atoms. The van der Waals surface area contributed by atoms with Crippen LogP contribution in [0.15, 0.2) is 22.7 Å². The van der Waals surface area contributed by atoms with E-state index in [-0.39, 0.29) is 11.8 Å². The largest absolute Gasteiger partial charge is 0.381 e. The van der Waals surface area contributed by atoms with Crippen LogP contribution in [0.2, 0.25) is 5.02 Å². The Morgan fingerprint density at radius 2 is 2.35 bits per heavy atom. The van der Waals surface area contributed by atoms with Gasteiger partial charge in [0.1, 0.15) is 0 Å². The molecule has 1 aliphatic heterocycles. The maximum Gasteiger partial charge on any atom is 0.229 e. The summed E-state index contributed by atoms with van der Waals surface area (Å²) in [4.78, 5) is 12.0. The topological polar surface area (TPSA) is 38.3 Å². The van der Waals surface area contributed by atoms with Gasteiger partial charge >= 0.3 is 0 Å². The third kappa shape index (κ3) is 3.21. The molecule has 0 aliphatic carbocycles. The van der Waals surface area contributed by atoms with E-state index in [1.165, 1.54) is 0 Å². The van der Waals surface area contributed by atoms with Crippen LogP contribution in [0.3, 0.4) is 0 Å². The van der Waals surface area contributed by atoms with Gasteiger partial charge in [-0.3, -0.25) is 4.79 Å². The molecule has 1 aromatic rings. The maximum absolute atomic E-state index is 12.0. The molecule has 2 rings (SSSR count). The molecule has 3 nitrogen and oxygen atoms in total. The van der Waals surface area contributed by atoms with Crippen molar-refractivity contribution in [1.82, 2.24) is 0 Å². The van der Waals surface area contributed by atoms with E-state index >= 15 is 0 Å². The molecule has 0 saturated carbocycles. The zero-order valence-corrected chi connectivity index (χ0v) is 11.6. The van der Waals surface area contributed by atoms with Gasteiger partial charge in [-0.25, -0.2) is 0 Å².